The zero-order chi connectivity index (χ0) is 15.9. The van der Waals surface area contributed by atoms with E-state index in [4.69, 9.17) is 5.73 Å². The summed E-state index contributed by atoms with van der Waals surface area (Å²) >= 11 is 0. The van der Waals surface area contributed by atoms with Gasteiger partial charge in [0.05, 0.1) is 0 Å². The monoisotopic (exact) mass is 289 g/mol. The molecule has 0 radical (unpaired) electrons. The van der Waals surface area contributed by atoms with Crippen molar-refractivity contribution >= 4 is 0 Å². The van der Waals surface area contributed by atoms with Gasteiger partial charge in [0.25, 0.3) is 0 Å². The van der Waals surface area contributed by atoms with E-state index < -0.39 is 0 Å². The Morgan fingerprint density at radius 2 is 2.00 bits per heavy atom. The molecule has 21 heavy (non-hydrogen) atoms. The molecule has 0 fully saturated rings. The molecule has 0 spiro atoms. The lowest BCUT2D eigenvalue weighted by molar-refractivity contribution is 0.407. The highest BCUT2D eigenvalue weighted by molar-refractivity contribution is 5.32. The van der Waals surface area contributed by atoms with Crippen molar-refractivity contribution < 1.29 is 0 Å². The van der Waals surface area contributed by atoms with Crippen LogP contribution in [0.2, 0.25) is 0 Å². The summed E-state index contributed by atoms with van der Waals surface area (Å²) in [6.07, 6.45) is 15.3. The molecule has 1 nitrogen and oxygen atoms in total. The van der Waals surface area contributed by atoms with Gasteiger partial charge in [-0.2, -0.15) is 0 Å². The van der Waals surface area contributed by atoms with E-state index in [-0.39, 0.29) is 0 Å². The summed E-state index contributed by atoms with van der Waals surface area (Å²) in [4.78, 5) is 0. The van der Waals surface area contributed by atoms with E-state index in [2.05, 4.69) is 58.9 Å². The summed E-state index contributed by atoms with van der Waals surface area (Å²) in [6, 6.07) is 0. The summed E-state index contributed by atoms with van der Waals surface area (Å²) in [5.74, 6) is 1.38. The zero-order valence-electron chi connectivity index (χ0n) is 14.8. The van der Waals surface area contributed by atoms with E-state index in [9.17, 15) is 0 Å². The smallest absolute Gasteiger partial charge is 0.00718 e. The summed E-state index contributed by atoms with van der Waals surface area (Å²) in [6.45, 7) is 12.4. The van der Waals surface area contributed by atoms with Crippen LogP contribution in [0.15, 0.2) is 35.5 Å². The molecule has 2 atom stereocenters. The van der Waals surface area contributed by atoms with Crippen molar-refractivity contribution in [3.63, 3.8) is 0 Å². The molecule has 0 aliphatic heterocycles. The molecular formula is C20H35N. The third-order valence-corrected chi connectivity index (χ3v) is 4.80. The summed E-state index contributed by atoms with van der Waals surface area (Å²) < 4.78 is 0. The van der Waals surface area contributed by atoms with Crippen molar-refractivity contribution in [3.05, 3.63) is 35.5 Å². The summed E-state index contributed by atoms with van der Waals surface area (Å²) in [5.41, 5.74) is 9.09. The van der Waals surface area contributed by atoms with Crippen LogP contribution in [0.1, 0.15) is 66.7 Å². The Morgan fingerprint density at radius 3 is 2.62 bits per heavy atom. The summed E-state index contributed by atoms with van der Waals surface area (Å²) in [7, 11) is 0. The molecule has 0 aromatic heterocycles. The minimum absolute atomic E-state index is 0.351. The van der Waals surface area contributed by atoms with E-state index in [1.54, 1.807) is 5.57 Å². The molecule has 120 valence electrons. The van der Waals surface area contributed by atoms with Crippen molar-refractivity contribution in [2.75, 3.05) is 6.54 Å². The Hall–Kier alpha value is -0.820. The number of nitrogens with two attached hydrogens (primary N) is 1. The molecule has 2 N–H and O–H groups in total. The van der Waals surface area contributed by atoms with E-state index in [1.165, 1.54) is 31.3 Å². The average molecular weight is 290 g/mol. The fourth-order valence-electron chi connectivity index (χ4n) is 3.23. The van der Waals surface area contributed by atoms with Crippen LogP contribution in [0.25, 0.3) is 0 Å². The first-order valence-corrected chi connectivity index (χ1v) is 8.60. The predicted molar refractivity (Wildman–Crippen MR) is 95.2 cm³/mol. The van der Waals surface area contributed by atoms with Gasteiger partial charge in [-0.05, 0) is 62.8 Å². The van der Waals surface area contributed by atoms with E-state index in [0.29, 0.717) is 11.3 Å². The Kier molecular flexibility index (Phi) is 7.45. The first-order chi connectivity index (χ1) is 9.86. The lowest BCUT2D eigenvalue weighted by Crippen LogP contribution is -2.18. The predicted octanol–water partition coefficient (Wildman–Crippen LogP) is 5.64. The van der Waals surface area contributed by atoms with Gasteiger partial charge in [0.1, 0.15) is 0 Å². The van der Waals surface area contributed by atoms with Gasteiger partial charge in [0, 0.05) is 0 Å². The largest absolute Gasteiger partial charge is 0.330 e. The number of hydrogen-bond donors (Lipinski definition) is 1. The Balaban J connectivity index is 2.42. The van der Waals surface area contributed by atoms with Crippen molar-refractivity contribution in [1.29, 1.82) is 0 Å². The van der Waals surface area contributed by atoms with Crippen LogP contribution in [-0.2, 0) is 0 Å². The van der Waals surface area contributed by atoms with Gasteiger partial charge in [-0.25, -0.2) is 0 Å². The molecule has 0 saturated heterocycles. The van der Waals surface area contributed by atoms with Crippen LogP contribution in [-0.4, -0.2) is 6.54 Å². The maximum Gasteiger partial charge on any atom is -0.00718 e. The third-order valence-electron chi connectivity index (χ3n) is 4.80. The Bertz CT molecular complexity index is 398. The fraction of sp³-hybridized carbons (Fsp3) is 0.700. The standard InChI is InChI=1S/C20H35N/c1-16(8-6-9-17(2)13-15-21)11-12-19-18(3)10-7-14-20(19,4)5/h6-7,9-10,16-17H,8,11-15,21H2,1-5H3/b9-6+. The molecule has 1 heteroatoms. The van der Waals surface area contributed by atoms with Gasteiger partial charge >= 0.3 is 0 Å². The van der Waals surface area contributed by atoms with Gasteiger partial charge in [0.2, 0.25) is 0 Å². The van der Waals surface area contributed by atoms with Gasteiger partial charge in [-0.3, -0.25) is 0 Å². The average Bonchev–Trinajstić information content (AvgIpc) is 2.37. The molecule has 0 aromatic carbocycles. The molecule has 1 rings (SSSR count). The van der Waals surface area contributed by atoms with Crippen molar-refractivity contribution in [3.8, 4) is 0 Å². The van der Waals surface area contributed by atoms with Crippen molar-refractivity contribution in [1.82, 2.24) is 0 Å². The highest BCUT2D eigenvalue weighted by Gasteiger charge is 2.25. The lowest BCUT2D eigenvalue weighted by Gasteiger charge is -2.32. The number of hydrogen-bond acceptors (Lipinski definition) is 1. The van der Waals surface area contributed by atoms with Gasteiger partial charge < -0.3 is 5.73 Å². The van der Waals surface area contributed by atoms with Crippen LogP contribution in [0, 0.1) is 17.3 Å². The van der Waals surface area contributed by atoms with Crippen LogP contribution in [0.4, 0.5) is 0 Å². The van der Waals surface area contributed by atoms with Crippen molar-refractivity contribution in [2.45, 2.75) is 66.7 Å². The SMILES string of the molecule is CC1=C(CCC(C)C/C=C/C(C)CCN)C(C)(C)CC=C1. The first-order valence-electron chi connectivity index (χ1n) is 8.60. The lowest BCUT2D eigenvalue weighted by atomic mass is 9.73. The van der Waals surface area contributed by atoms with Crippen LogP contribution >= 0.6 is 0 Å². The molecule has 0 heterocycles. The fourth-order valence-corrected chi connectivity index (χ4v) is 3.23. The molecule has 0 amide bonds. The number of allylic oxidation sites excluding steroid dienone is 6. The molecule has 0 saturated carbocycles. The Morgan fingerprint density at radius 1 is 1.29 bits per heavy atom. The molecule has 2 unspecified atom stereocenters. The van der Waals surface area contributed by atoms with Gasteiger partial charge in [-0.15, -0.1) is 0 Å². The van der Waals surface area contributed by atoms with Crippen LogP contribution in [0.5, 0.6) is 0 Å². The zero-order valence-corrected chi connectivity index (χ0v) is 14.8. The minimum Gasteiger partial charge on any atom is -0.330 e. The normalized spacial score (nSPS) is 21.0. The number of rotatable bonds is 8. The van der Waals surface area contributed by atoms with Crippen LogP contribution in [0.3, 0.4) is 0 Å². The quantitative estimate of drug-likeness (QED) is 0.575. The summed E-state index contributed by atoms with van der Waals surface area (Å²) in [5, 5.41) is 0. The highest BCUT2D eigenvalue weighted by Crippen LogP contribution is 2.40. The topological polar surface area (TPSA) is 26.0 Å². The van der Waals surface area contributed by atoms with Crippen LogP contribution < -0.4 is 5.73 Å². The highest BCUT2D eigenvalue weighted by atomic mass is 14.5. The van der Waals surface area contributed by atoms with E-state index in [1.807, 2.05) is 0 Å². The second kappa shape index (κ2) is 8.58. The van der Waals surface area contributed by atoms with E-state index >= 15 is 0 Å². The molecule has 0 aromatic rings. The second-order valence-corrected chi connectivity index (χ2v) is 7.51. The molecule has 1 aliphatic rings. The minimum atomic E-state index is 0.351. The van der Waals surface area contributed by atoms with Crippen molar-refractivity contribution in [2.24, 2.45) is 23.0 Å². The van der Waals surface area contributed by atoms with Gasteiger partial charge in [-0.1, -0.05) is 63.1 Å². The van der Waals surface area contributed by atoms with Gasteiger partial charge in [0.15, 0.2) is 0 Å². The maximum atomic E-state index is 5.59. The Labute approximate surface area is 132 Å². The molecular weight excluding hydrogens is 254 g/mol. The molecule has 1 aliphatic carbocycles. The third kappa shape index (κ3) is 6.22. The molecule has 0 bridgehead atoms. The maximum absolute atomic E-state index is 5.59. The second-order valence-electron chi connectivity index (χ2n) is 7.51. The first kappa shape index (κ1) is 18.2. The van der Waals surface area contributed by atoms with E-state index in [0.717, 1.165) is 18.9 Å².